The quantitative estimate of drug-likeness (QED) is 0.118. The Morgan fingerprint density at radius 3 is 2.05 bits per heavy atom. The van der Waals surface area contributed by atoms with E-state index in [1.165, 1.54) is 28.4 Å². The number of fused-ring (bicyclic) bond motifs is 6. The van der Waals surface area contributed by atoms with Gasteiger partial charge in [-0.05, 0) is 70.3 Å². The fourth-order valence-electron chi connectivity index (χ4n) is 7.22. The van der Waals surface area contributed by atoms with Crippen molar-refractivity contribution in [2.24, 2.45) is 5.92 Å². The number of hydrogen-bond donors (Lipinski definition) is 0. The SMILES string of the molecule is C[Si](C)(C)c1ccc(-c2[c-]ccc3c2oc2cc(F)ccc23)nc1.[2H]C([2H])(c1ccnc(-c2[c-]ccc3c2oc2ccc(C(C)(C)c4ccccc4)cc23)c1)C(C)C.[Ir]. The van der Waals surface area contributed by atoms with Crippen LogP contribution in [0.3, 0.4) is 0 Å². The van der Waals surface area contributed by atoms with Gasteiger partial charge in [0, 0.05) is 57.5 Å². The van der Waals surface area contributed by atoms with Crippen LogP contribution in [0.5, 0.6) is 0 Å². The molecular formula is C50H45FIrN2O2Si-2. The third-order valence-corrected chi connectivity index (χ3v) is 12.4. The predicted octanol–water partition coefficient (Wildman–Crippen LogP) is 13.1. The van der Waals surface area contributed by atoms with Crippen LogP contribution in [0, 0.1) is 23.9 Å². The van der Waals surface area contributed by atoms with Gasteiger partial charge in [-0.25, -0.2) is 4.39 Å². The van der Waals surface area contributed by atoms with E-state index in [2.05, 4.69) is 98.1 Å². The summed E-state index contributed by atoms with van der Waals surface area (Å²) in [6.45, 7) is 15.1. The third-order valence-electron chi connectivity index (χ3n) is 10.4. The van der Waals surface area contributed by atoms with Gasteiger partial charge in [-0.15, -0.1) is 36.4 Å². The van der Waals surface area contributed by atoms with Crippen molar-refractivity contribution in [3.05, 3.63) is 162 Å². The van der Waals surface area contributed by atoms with Gasteiger partial charge in [0.15, 0.2) is 0 Å². The summed E-state index contributed by atoms with van der Waals surface area (Å²) in [7, 11) is -1.38. The summed E-state index contributed by atoms with van der Waals surface area (Å²) in [6.07, 6.45) is 2.18. The standard InChI is InChI=1S/C30H28NO.C20H17FNOSi.Ir/c1-20(2)17-21-15-16-31-27(18-21)25-12-8-11-24-26-19-23(13-14-28(26)32-29(24)25)30(3,4)22-9-6-5-7-10-22;1-24(2,3)14-8-10-18(22-12-14)17-6-4-5-16-15-9-7-13(21)11-19(15)23-20(16)17;/h5-11,13-16,18-20H,17H2,1-4H3;4-5,7-12H,1-3H3;/q2*-1;/i17D2;;. The minimum Gasteiger partial charge on any atom is -0.501 e. The van der Waals surface area contributed by atoms with Crippen molar-refractivity contribution in [2.75, 3.05) is 0 Å². The zero-order chi connectivity index (χ0) is 41.0. The molecule has 4 aromatic heterocycles. The zero-order valence-electron chi connectivity index (χ0n) is 35.1. The summed E-state index contributed by atoms with van der Waals surface area (Å²) >= 11 is 0. The molecule has 5 aromatic carbocycles. The molecule has 1 radical (unpaired) electrons. The Morgan fingerprint density at radius 1 is 0.702 bits per heavy atom. The Kier molecular flexibility index (Phi) is 10.5. The van der Waals surface area contributed by atoms with Gasteiger partial charge in [-0.2, -0.15) is 0 Å². The average molecular weight is 947 g/mol. The number of hydrogen-bond acceptors (Lipinski definition) is 4. The maximum Gasteiger partial charge on any atom is 0.126 e. The summed E-state index contributed by atoms with van der Waals surface area (Å²) in [6, 6.07) is 43.5. The fraction of sp³-hybridized carbons (Fsp3) is 0.200. The fourth-order valence-corrected chi connectivity index (χ4v) is 8.26. The Balaban J connectivity index is 0.000000186. The van der Waals surface area contributed by atoms with Gasteiger partial charge in [0.05, 0.1) is 19.2 Å². The zero-order valence-corrected chi connectivity index (χ0v) is 36.5. The molecule has 9 aromatic rings. The number of benzene rings is 5. The van der Waals surface area contributed by atoms with Crippen LogP contribution in [0.15, 0.2) is 136 Å². The van der Waals surface area contributed by atoms with Crippen molar-refractivity contribution in [1.82, 2.24) is 9.97 Å². The number of halogens is 1. The van der Waals surface area contributed by atoms with Crippen LogP contribution < -0.4 is 5.19 Å². The second-order valence-corrected chi connectivity index (χ2v) is 21.2. The molecule has 0 unspecified atom stereocenters. The van der Waals surface area contributed by atoms with Gasteiger partial charge < -0.3 is 18.8 Å². The number of pyridine rings is 2. The van der Waals surface area contributed by atoms with E-state index in [1.54, 1.807) is 18.3 Å². The molecule has 0 N–H and O–H groups in total. The van der Waals surface area contributed by atoms with Crippen LogP contribution in [-0.2, 0) is 31.9 Å². The molecule has 7 heteroatoms. The number of aromatic nitrogens is 2. The first kappa shape index (κ1) is 37.4. The van der Waals surface area contributed by atoms with Gasteiger partial charge in [-0.3, -0.25) is 0 Å². The Morgan fingerprint density at radius 2 is 1.39 bits per heavy atom. The molecule has 0 spiro atoms. The molecule has 9 rings (SSSR count). The maximum absolute atomic E-state index is 13.5. The molecule has 0 aliphatic heterocycles. The molecule has 289 valence electrons. The minimum atomic E-state index is -1.45. The van der Waals surface area contributed by atoms with Crippen LogP contribution >= 0.6 is 0 Å². The number of rotatable bonds is 7. The van der Waals surface area contributed by atoms with Crippen molar-refractivity contribution in [3.8, 4) is 22.5 Å². The predicted molar refractivity (Wildman–Crippen MR) is 232 cm³/mol. The van der Waals surface area contributed by atoms with E-state index >= 15 is 0 Å². The average Bonchev–Trinajstić information content (AvgIpc) is 3.79. The summed E-state index contributed by atoms with van der Waals surface area (Å²) in [4.78, 5) is 9.16. The molecule has 0 aliphatic rings. The number of nitrogens with zero attached hydrogens (tertiary/aromatic N) is 2. The van der Waals surface area contributed by atoms with Crippen molar-refractivity contribution in [3.63, 3.8) is 0 Å². The van der Waals surface area contributed by atoms with Crippen molar-refractivity contribution < 1.29 is 36.1 Å². The smallest absolute Gasteiger partial charge is 0.126 e. The molecule has 4 heterocycles. The van der Waals surface area contributed by atoms with Crippen LogP contribution in [0.1, 0.15) is 47.1 Å². The topological polar surface area (TPSA) is 52.1 Å². The van der Waals surface area contributed by atoms with E-state index in [1.807, 2.05) is 68.6 Å². The summed E-state index contributed by atoms with van der Waals surface area (Å²) in [5, 5.41) is 5.23. The van der Waals surface area contributed by atoms with Gasteiger partial charge in [0.1, 0.15) is 17.0 Å². The van der Waals surface area contributed by atoms with Crippen LogP contribution in [-0.4, -0.2) is 18.0 Å². The third kappa shape index (κ3) is 8.02. The molecule has 0 fully saturated rings. The molecule has 0 aliphatic carbocycles. The molecule has 57 heavy (non-hydrogen) atoms. The molecule has 0 bridgehead atoms. The molecule has 0 saturated carbocycles. The van der Waals surface area contributed by atoms with Crippen molar-refractivity contribution >= 4 is 57.1 Å². The van der Waals surface area contributed by atoms with E-state index in [0.29, 0.717) is 22.4 Å². The normalized spacial score (nSPS) is 12.7. The van der Waals surface area contributed by atoms with E-state index in [9.17, 15) is 4.39 Å². The van der Waals surface area contributed by atoms with Gasteiger partial charge in [0.25, 0.3) is 0 Å². The second kappa shape index (κ2) is 16.0. The van der Waals surface area contributed by atoms with E-state index in [-0.39, 0.29) is 37.3 Å². The molecule has 0 amide bonds. The summed E-state index contributed by atoms with van der Waals surface area (Å²) in [5.74, 6) is -0.454. The monoisotopic (exact) mass is 947 g/mol. The van der Waals surface area contributed by atoms with Gasteiger partial charge in [-0.1, -0.05) is 129 Å². The van der Waals surface area contributed by atoms with Crippen LogP contribution in [0.4, 0.5) is 4.39 Å². The maximum atomic E-state index is 13.5. The largest absolute Gasteiger partial charge is 0.501 e. The van der Waals surface area contributed by atoms with Crippen LogP contribution in [0.2, 0.25) is 19.6 Å². The van der Waals surface area contributed by atoms with E-state index in [4.69, 9.17) is 11.6 Å². The summed E-state index contributed by atoms with van der Waals surface area (Å²) < 4.78 is 42.7. The minimum absolute atomic E-state index is 0. The first-order valence-corrected chi connectivity index (χ1v) is 22.5. The Bertz CT molecular complexity index is 2940. The molecular weight excluding hydrogens is 900 g/mol. The Labute approximate surface area is 351 Å². The summed E-state index contributed by atoms with van der Waals surface area (Å²) in [5.41, 5.74) is 8.77. The first-order chi connectivity index (χ1) is 27.6. The molecule has 4 nitrogen and oxygen atoms in total. The first-order valence-electron chi connectivity index (χ1n) is 20.0. The van der Waals surface area contributed by atoms with Gasteiger partial charge in [0.2, 0.25) is 0 Å². The second-order valence-electron chi connectivity index (χ2n) is 16.1. The Hall–Kier alpha value is -5.20. The molecule has 0 atom stereocenters. The van der Waals surface area contributed by atoms with E-state index < -0.39 is 14.4 Å². The number of furan rings is 2. The van der Waals surface area contributed by atoms with Crippen LogP contribution in [0.25, 0.3) is 66.4 Å². The van der Waals surface area contributed by atoms with Crippen molar-refractivity contribution in [1.29, 1.82) is 0 Å². The van der Waals surface area contributed by atoms with Gasteiger partial charge >= 0.3 is 0 Å². The van der Waals surface area contributed by atoms with Crippen molar-refractivity contribution in [2.45, 2.75) is 59.1 Å². The molecule has 0 saturated heterocycles. The van der Waals surface area contributed by atoms with E-state index in [0.717, 1.165) is 49.5 Å².